The Morgan fingerprint density at radius 1 is 0.892 bits per heavy atom. The summed E-state index contributed by atoms with van der Waals surface area (Å²) in [6, 6.07) is 15.7. The third-order valence-corrected chi connectivity index (χ3v) is 9.88. The van der Waals surface area contributed by atoms with Gasteiger partial charge in [0.1, 0.15) is 18.2 Å². The molecule has 37 heavy (non-hydrogen) atoms. The summed E-state index contributed by atoms with van der Waals surface area (Å²) in [5, 5.41) is 5.04. The average molecular weight is 506 g/mol. The van der Waals surface area contributed by atoms with Gasteiger partial charge in [-0.15, -0.1) is 0 Å². The SMILES string of the molecule is [C-]#[N+]c1ccc2c(oc3c(-c4cc([Si](C)(C)C)c5ccc(CC(C)C)cc5[n+]4C)c(C)c(C)cc32)c1C. The number of fused-ring (bicyclic) bond motifs is 4. The highest BCUT2D eigenvalue weighted by Gasteiger charge is 2.29. The molecule has 0 amide bonds. The molecule has 0 saturated heterocycles. The summed E-state index contributed by atoms with van der Waals surface area (Å²) in [7, 11) is 0.535. The van der Waals surface area contributed by atoms with Gasteiger partial charge in [-0.2, -0.15) is 4.57 Å². The van der Waals surface area contributed by atoms with Crippen molar-refractivity contribution >= 4 is 51.8 Å². The molecule has 0 aliphatic carbocycles. The molecule has 0 bridgehead atoms. The number of rotatable bonds is 4. The van der Waals surface area contributed by atoms with Crippen LogP contribution in [-0.4, -0.2) is 8.07 Å². The van der Waals surface area contributed by atoms with Crippen molar-refractivity contribution in [1.29, 1.82) is 0 Å². The minimum atomic E-state index is -1.66. The topological polar surface area (TPSA) is 21.4 Å². The first kappa shape index (κ1) is 25.2. The van der Waals surface area contributed by atoms with Crippen LogP contribution in [0.3, 0.4) is 0 Å². The second-order valence-electron chi connectivity index (χ2n) is 12.1. The van der Waals surface area contributed by atoms with E-state index in [1.807, 2.05) is 19.1 Å². The summed E-state index contributed by atoms with van der Waals surface area (Å²) in [5.41, 5.74) is 10.8. The van der Waals surface area contributed by atoms with E-state index in [1.54, 1.807) is 0 Å². The van der Waals surface area contributed by atoms with Crippen LogP contribution in [0.15, 0.2) is 46.9 Å². The maximum atomic E-state index is 7.57. The summed E-state index contributed by atoms with van der Waals surface area (Å²) in [6.07, 6.45) is 1.07. The molecule has 0 fully saturated rings. The van der Waals surface area contributed by atoms with E-state index in [0.717, 1.165) is 39.5 Å². The maximum absolute atomic E-state index is 7.57. The van der Waals surface area contributed by atoms with Gasteiger partial charge in [-0.3, -0.25) is 0 Å². The highest BCUT2D eigenvalue weighted by atomic mass is 28.3. The van der Waals surface area contributed by atoms with Crippen molar-refractivity contribution in [3.05, 3.63) is 76.1 Å². The fraction of sp³-hybridized carbons (Fsp3) is 0.333. The molecular weight excluding hydrogens is 468 g/mol. The van der Waals surface area contributed by atoms with Crippen LogP contribution >= 0.6 is 0 Å². The zero-order chi connectivity index (χ0) is 26.8. The molecule has 3 aromatic carbocycles. The van der Waals surface area contributed by atoms with Crippen LogP contribution in [0.2, 0.25) is 19.6 Å². The zero-order valence-corrected chi connectivity index (χ0v) is 24.6. The van der Waals surface area contributed by atoms with Crippen molar-refractivity contribution in [2.45, 2.75) is 60.7 Å². The van der Waals surface area contributed by atoms with Gasteiger partial charge in [-0.1, -0.05) is 51.7 Å². The average Bonchev–Trinajstić information content (AvgIpc) is 3.19. The molecule has 2 heterocycles. The van der Waals surface area contributed by atoms with Gasteiger partial charge in [0.2, 0.25) is 11.2 Å². The van der Waals surface area contributed by atoms with Crippen LogP contribution in [0.25, 0.3) is 48.9 Å². The molecule has 4 heteroatoms. The lowest BCUT2D eigenvalue weighted by Crippen LogP contribution is -2.43. The standard InChI is InChI=1S/C33H37N2OSi/c1-19(2)15-23-11-12-25-28(17-23)35(7)29(18-30(25)37(8,9)10)31-21(4)20(3)16-26-24-13-14-27(34-6)22(5)32(24)36-33(26)31/h11-14,16-19H,15H2,1-5,7-10H3/q+1. The van der Waals surface area contributed by atoms with E-state index < -0.39 is 8.07 Å². The molecule has 0 aliphatic rings. The first-order valence-corrected chi connectivity index (χ1v) is 16.7. The zero-order valence-electron chi connectivity index (χ0n) is 23.6. The number of hydrogen-bond acceptors (Lipinski definition) is 1. The number of aromatic nitrogens is 1. The molecule has 5 aromatic rings. The van der Waals surface area contributed by atoms with E-state index in [1.165, 1.54) is 38.5 Å². The Balaban J connectivity index is 1.93. The van der Waals surface area contributed by atoms with Gasteiger partial charge in [0.25, 0.3) is 0 Å². The van der Waals surface area contributed by atoms with Crippen LogP contribution < -0.4 is 9.75 Å². The normalized spacial score (nSPS) is 12.2. The van der Waals surface area contributed by atoms with Gasteiger partial charge < -0.3 is 4.42 Å². The van der Waals surface area contributed by atoms with Crippen LogP contribution in [0, 0.1) is 33.3 Å². The lowest BCUT2D eigenvalue weighted by Gasteiger charge is -2.21. The summed E-state index contributed by atoms with van der Waals surface area (Å²) >= 11 is 0. The quantitative estimate of drug-likeness (QED) is 0.136. The Hall–Kier alpha value is -3.42. The van der Waals surface area contributed by atoms with Gasteiger partial charge in [0, 0.05) is 28.3 Å². The van der Waals surface area contributed by atoms with E-state index in [9.17, 15) is 0 Å². The smallest absolute Gasteiger partial charge is 0.216 e. The van der Waals surface area contributed by atoms with E-state index in [-0.39, 0.29) is 0 Å². The van der Waals surface area contributed by atoms with Gasteiger partial charge in [-0.25, -0.2) is 4.85 Å². The Morgan fingerprint density at radius 3 is 2.24 bits per heavy atom. The lowest BCUT2D eigenvalue weighted by atomic mass is 9.95. The van der Waals surface area contributed by atoms with Crippen molar-refractivity contribution in [2.75, 3.05) is 0 Å². The predicted molar refractivity (Wildman–Crippen MR) is 160 cm³/mol. The minimum Gasteiger partial charge on any atom is -0.456 e. The molecule has 3 nitrogen and oxygen atoms in total. The minimum absolute atomic E-state index is 0.611. The van der Waals surface area contributed by atoms with Gasteiger partial charge in [0.15, 0.2) is 5.69 Å². The second-order valence-corrected chi connectivity index (χ2v) is 17.1. The molecule has 2 aromatic heterocycles. The molecule has 5 rings (SSSR count). The highest BCUT2D eigenvalue weighted by molar-refractivity contribution is 6.90. The van der Waals surface area contributed by atoms with Crippen LogP contribution in [-0.2, 0) is 13.5 Å². The molecule has 0 spiro atoms. The number of furan rings is 1. The molecule has 188 valence electrons. The summed E-state index contributed by atoms with van der Waals surface area (Å²) in [6.45, 7) is 25.8. The Kier molecular flexibility index (Phi) is 6.04. The fourth-order valence-electron chi connectivity index (χ4n) is 5.74. The van der Waals surface area contributed by atoms with Crippen LogP contribution in [0.5, 0.6) is 0 Å². The Bertz CT molecular complexity index is 1760. The van der Waals surface area contributed by atoms with Crippen molar-refractivity contribution in [3.63, 3.8) is 0 Å². The predicted octanol–water partition coefficient (Wildman–Crippen LogP) is 8.45. The Labute approximate surface area is 221 Å². The first-order chi connectivity index (χ1) is 17.4. The number of benzene rings is 3. The third-order valence-electron chi connectivity index (χ3n) is 7.86. The van der Waals surface area contributed by atoms with Crippen LogP contribution in [0.1, 0.15) is 36.1 Å². The highest BCUT2D eigenvalue weighted by Crippen LogP contribution is 2.41. The van der Waals surface area contributed by atoms with Crippen molar-refractivity contribution in [2.24, 2.45) is 13.0 Å². The van der Waals surface area contributed by atoms with E-state index in [2.05, 4.69) is 94.1 Å². The van der Waals surface area contributed by atoms with E-state index in [4.69, 9.17) is 11.0 Å². The largest absolute Gasteiger partial charge is 0.456 e. The molecule has 0 aliphatic heterocycles. The summed E-state index contributed by atoms with van der Waals surface area (Å²) < 4.78 is 9.04. The molecule has 0 atom stereocenters. The molecule has 0 unspecified atom stereocenters. The number of hydrogen-bond donors (Lipinski definition) is 0. The molecule has 0 N–H and O–H groups in total. The maximum Gasteiger partial charge on any atom is 0.216 e. The van der Waals surface area contributed by atoms with E-state index >= 15 is 0 Å². The number of nitrogens with zero attached hydrogens (tertiary/aromatic N) is 2. The number of aryl methyl sites for hydroxylation is 3. The van der Waals surface area contributed by atoms with E-state index in [0.29, 0.717) is 11.6 Å². The van der Waals surface area contributed by atoms with Crippen molar-refractivity contribution in [3.8, 4) is 11.3 Å². The molecule has 0 saturated carbocycles. The van der Waals surface area contributed by atoms with Crippen molar-refractivity contribution in [1.82, 2.24) is 0 Å². The number of pyridine rings is 1. The summed E-state index contributed by atoms with van der Waals surface area (Å²) in [5.74, 6) is 0.611. The lowest BCUT2D eigenvalue weighted by molar-refractivity contribution is -0.633. The fourth-order valence-corrected chi connectivity index (χ4v) is 7.33. The monoisotopic (exact) mass is 505 g/mol. The van der Waals surface area contributed by atoms with Gasteiger partial charge >= 0.3 is 0 Å². The Morgan fingerprint density at radius 2 is 1.59 bits per heavy atom. The second kappa shape index (κ2) is 8.85. The van der Waals surface area contributed by atoms with Gasteiger partial charge in [-0.05, 0) is 72.7 Å². The molecule has 0 radical (unpaired) electrons. The van der Waals surface area contributed by atoms with Gasteiger partial charge in [0.05, 0.1) is 20.2 Å². The van der Waals surface area contributed by atoms with Crippen molar-refractivity contribution < 1.29 is 8.98 Å². The molecular formula is C33H37N2OSi+. The van der Waals surface area contributed by atoms with Crippen LogP contribution in [0.4, 0.5) is 5.69 Å². The first-order valence-electron chi connectivity index (χ1n) is 13.2. The third kappa shape index (κ3) is 4.06. The summed E-state index contributed by atoms with van der Waals surface area (Å²) in [4.78, 5) is 3.71.